The van der Waals surface area contributed by atoms with E-state index in [1.54, 1.807) is 0 Å². The van der Waals surface area contributed by atoms with Gasteiger partial charge in [0.25, 0.3) is 0 Å². The third-order valence-electron chi connectivity index (χ3n) is 3.63. The lowest BCUT2D eigenvalue weighted by Crippen LogP contribution is -2.18. The van der Waals surface area contributed by atoms with E-state index >= 15 is 0 Å². The van der Waals surface area contributed by atoms with E-state index in [2.05, 4.69) is 17.5 Å². The van der Waals surface area contributed by atoms with Gasteiger partial charge in [-0.3, -0.25) is 4.79 Å². The molecule has 1 saturated carbocycles. The van der Waals surface area contributed by atoms with Crippen LogP contribution >= 0.6 is 0 Å². The van der Waals surface area contributed by atoms with E-state index in [1.807, 2.05) is 6.21 Å². The highest BCUT2D eigenvalue weighted by Gasteiger charge is 2.10. The number of nitrogens with zero attached hydrogens (tertiary/aromatic N) is 1. The highest BCUT2D eigenvalue weighted by Crippen LogP contribution is 2.21. The minimum atomic E-state index is 0.0681. The maximum absolute atomic E-state index is 11.5. The molecule has 0 unspecified atom stereocenters. The molecule has 1 amide bonds. The van der Waals surface area contributed by atoms with Gasteiger partial charge < -0.3 is 0 Å². The summed E-state index contributed by atoms with van der Waals surface area (Å²) >= 11 is 0. The molecule has 0 heterocycles. The summed E-state index contributed by atoms with van der Waals surface area (Å²) in [6, 6.07) is 0. The summed E-state index contributed by atoms with van der Waals surface area (Å²) in [6.45, 7) is 2.20. The Morgan fingerprint density at radius 3 is 2.61 bits per heavy atom. The second-order valence-corrected chi connectivity index (χ2v) is 5.38. The molecule has 1 aliphatic rings. The van der Waals surface area contributed by atoms with Crippen LogP contribution in [0.25, 0.3) is 0 Å². The number of carbonyl (C=O) groups excluding carboxylic acids is 1. The van der Waals surface area contributed by atoms with E-state index in [-0.39, 0.29) is 5.91 Å². The number of unbranched alkanes of at least 4 members (excludes halogenated alkanes) is 4. The summed E-state index contributed by atoms with van der Waals surface area (Å²) in [5.41, 5.74) is 2.65. The standard InChI is InChI=1S/C15H28N2O/c1-2-3-4-5-9-12-15(18)17-16-13-14-10-7-6-8-11-14/h13-14H,2-12H2,1H3,(H,17,18). The van der Waals surface area contributed by atoms with Crippen molar-refractivity contribution < 1.29 is 4.79 Å². The smallest absolute Gasteiger partial charge is 0.240 e. The minimum absolute atomic E-state index is 0.0681. The fourth-order valence-corrected chi connectivity index (χ4v) is 2.44. The van der Waals surface area contributed by atoms with Crippen LogP contribution in [0.15, 0.2) is 5.10 Å². The van der Waals surface area contributed by atoms with E-state index in [0.29, 0.717) is 12.3 Å². The Morgan fingerprint density at radius 1 is 1.17 bits per heavy atom. The van der Waals surface area contributed by atoms with Crippen molar-refractivity contribution in [3.8, 4) is 0 Å². The van der Waals surface area contributed by atoms with Gasteiger partial charge in [-0.25, -0.2) is 5.43 Å². The molecule has 0 bridgehead atoms. The summed E-state index contributed by atoms with van der Waals surface area (Å²) in [5.74, 6) is 0.655. The van der Waals surface area contributed by atoms with E-state index < -0.39 is 0 Å². The van der Waals surface area contributed by atoms with Gasteiger partial charge in [0.2, 0.25) is 5.91 Å². The van der Waals surface area contributed by atoms with Gasteiger partial charge in [0.05, 0.1) is 0 Å². The van der Waals surface area contributed by atoms with Gasteiger partial charge in [-0.2, -0.15) is 5.10 Å². The predicted molar refractivity (Wildman–Crippen MR) is 76.6 cm³/mol. The van der Waals surface area contributed by atoms with E-state index in [0.717, 1.165) is 12.8 Å². The molecule has 0 spiro atoms. The molecule has 0 aromatic rings. The van der Waals surface area contributed by atoms with Gasteiger partial charge >= 0.3 is 0 Å². The predicted octanol–water partition coefficient (Wildman–Crippen LogP) is 4.03. The molecule has 0 saturated heterocycles. The monoisotopic (exact) mass is 252 g/mol. The Balaban J connectivity index is 2.00. The lowest BCUT2D eigenvalue weighted by Gasteiger charge is -2.16. The summed E-state index contributed by atoms with van der Waals surface area (Å²) in [4.78, 5) is 11.5. The van der Waals surface area contributed by atoms with Gasteiger partial charge in [0.15, 0.2) is 0 Å². The van der Waals surface area contributed by atoms with Crippen LogP contribution in [0.2, 0.25) is 0 Å². The van der Waals surface area contributed by atoms with E-state index in [1.165, 1.54) is 51.4 Å². The Bertz CT molecular complexity index is 245. The highest BCUT2D eigenvalue weighted by atomic mass is 16.2. The lowest BCUT2D eigenvalue weighted by atomic mass is 9.90. The first kappa shape index (κ1) is 15.2. The maximum atomic E-state index is 11.5. The number of rotatable bonds is 8. The number of hydrogen-bond acceptors (Lipinski definition) is 2. The van der Waals surface area contributed by atoms with Crippen molar-refractivity contribution in [2.75, 3.05) is 0 Å². The molecule has 18 heavy (non-hydrogen) atoms. The summed E-state index contributed by atoms with van der Waals surface area (Å²) in [7, 11) is 0. The molecule has 1 aliphatic carbocycles. The fourth-order valence-electron chi connectivity index (χ4n) is 2.44. The van der Waals surface area contributed by atoms with Crippen LogP contribution in [0.5, 0.6) is 0 Å². The molecular weight excluding hydrogens is 224 g/mol. The van der Waals surface area contributed by atoms with Crippen molar-refractivity contribution in [1.29, 1.82) is 0 Å². The zero-order valence-electron chi connectivity index (χ0n) is 11.8. The first-order valence-corrected chi connectivity index (χ1v) is 7.65. The number of hydrazone groups is 1. The molecule has 0 atom stereocenters. The van der Waals surface area contributed by atoms with E-state index in [9.17, 15) is 4.79 Å². The van der Waals surface area contributed by atoms with Crippen LogP contribution < -0.4 is 5.43 Å². The Labute approximate surface area is 111 Å². The third-order valence-corrected chi connectivity index (χ3v) is 3.63. The minimum Gasteiger partial charge on any atom is -0.273 e. The SMILES string of the molecule is CCCCCCCC(=O)NN=CC1CCCCC1. The second kappa shape index (κ2) is 10.1. The number of nitrogens with one attached hydrogen (secondary N) is 1. The average molecular weight is 252 g/mol. The molecule has 0 aromatic carbocycles. The number of carbonyl (C=O) groups is 1. The number of amides is 1. The summed E-state index contributed by atoms with van der Waals surface area (Å²) in [6.07, 6.45) is 14.9. The molecule has 3 nitrogen and oxygen atoms in total. The topological polar surface area (TPSA) is 41.5 Å². The summed E-state index contributed by atoms with van der Waals surface area (Å²) < 4.78 is 0. The molecule has 1 rings (SSSR count). The van der Waals surface area contributed by atoms with Crippen molar-refractivity contribution in [3.05, 3.63) is 0 Å². The molecule has 0 radical (unpaired) electrons. The van der Waals surface area contributed by atoms with Gasteiger partial charge in [-0.1, -0.05) is 51.9 Å². The van der Waals surface area contributed by atoms with Crippen LogP contribution in [-0.2, 0) is 4.79 Å². The number of hydrogen-bond donors (Lipinski definition) is 1. The first-order chi connectivity index (χ1) is 8.83. The quantitative estimate of drug-likeness (QED) is 0.395. The van der Waals surface area contributed by atoms with Crippen LogP contribution in [0.4, 0.5) is 0 Å². The van der Waals surface area contributed by atoms with Gasteiger partial charge in [0.1, 0.15) is 0 Å². The lowest BCUT2D eigenvalue weighted by molar-refractivity contribution is -0.121. The third kappa shape index (κ3) is 7.46. The van der Waals surface area contributed by atoms with Crippen LogP contribution in [0, 0.1) is 5.92 Å². The molecule has 0 aliphatic heterocycles. The molecule has 104 valence electrons. The van der Waals surface area contributed by atoms with Gasteiger partial charge in [-0.05, 0) is 25.2 Å². The van der Waals surface area contributed by atoms with Crippen molar-refractivity contribution in [2.45, 2.75) is 77.6 Å². The molecule has 1 fully saturated rings. The van der Waals surface area contributed by atoms with Crippen molar-refractivity contribution in [3.63, 3.8) is 0 Å². The second-order valence-electron chi connectivity index (χ2n) is 5.38. The normalized spacial score (nSPS) is 17.2. The maximum Gasteiger partial charge on any atom is 0.240 e. The Kier molecular flexibility index (Phi) is 8.53. The van der Waals surface area contributed by atoms with Crippen molar-refractivity contribution in [1.82, 2.24) is 5.43 Å². The zero-order valence-corrected chi connectivity index (χ0v) is 11.8. The van der Waals surface area contributed by atoms with Crippen LogP contribution in [-0.4, -0.2) is 12.1 Å². The average Bonchev–Trinajstić information content (AvgIpc) is 2.40. The van der Waals surface area contributed by atoms with Gasteiger partial charge in [0, 0.05) is 12.6 Å². The Morgan fingerprint density at radius 2 is 1.89 bits per heavy atom. The largest absolute Gasteiger partial charge is 0.273 e. The summed E-state index contributed by atoms with van der Waals surface area (Å²) in [5, 5.41) is 4.09. The van der Waals surface area contributed by atoms with Crippen LogP contribution in [0.3, 0.4) is 0 Å². The van der Waals surface area contributed by atoms with Crippen molar-refractivity contribution in [2.24, 2.45) is 11.0 Å². The molecule has 0 aromatic heterocycles. The molecular formula is C15H28N2O. The van der Waals surface area contributed by atoms with Gasteiger partial charge in [-0.15, -0.1) is 0 Å². The van der Waals surface area contributed by atoms with Crippen molar-refractivity contribution >= 4 is 12.1 Å². The zero-order chi connectivity index (χ0) is 13.1. The highest BCUT2D eigenvalue weighted by molar-refractivity contribution is 5.76. The fraction of sp³-hybridized carbons (Fsp3) is 0.867. The molecule has 3 heteroatoms. The Hall–Kier alpha value is -0.860. The molecule has 1 N–H and O–H groups in total. The van der Waals surface area contributed by atoms with E-state index in [4.69, 9.17) is 0 Å². The first-order valence-electron chi connectivity index (χ1n) is 7.65. The van der Waals surface area contributed by atoms with Crippen LogP contribution in [0.1, 0.15) is 77.6 Å².